The van der Waals surface area contributed by atoms with Crippen LogP contribution in [0.1, 0.15) is 51.2 Å². The van der Waals surface area contributed by atoms with Gasteiger partial charge in [-0.3, -0.25) is 9.47 Å². The highest BCUT2D eigenvalue weighted by Gasteiger charge is 2.56. The van der Waals surface area contributed by atoms with E-state index >= 15 is 0 Å². The summed E-state index contributed by atoms with van der Waals surface area (Å²) in [6, 6.07) is 3.90. The normalized spacial score (nSPS) is 21.4. The minimum atomic E-state index is -2.52. The van der Waals surface area contributed by atoms with Crippen molar-refractivity contribution in [1.29, 1.82) is 0 Å². The molecule has 1 aliphatic carbocycles. The molecule has 8 heteroatoms. The Hall–Kier alpha value is -2.19. The third-order valence-corrected chi connectivity index (χ3v) is 6.45. The molecule has 1 saturated heterocycles. The average molecular weight is 465 g/mol. The maximum atomic E-state index is 13.1. The Morgan fingerprint density at radius 3 is 2.48 bits per heavy atom. The summed E-state index contributed by atoms with van der Waals surface area (Å²) in [6.07, 6.45) is 2.96. The van der Waals surface area contributed by atoms with Gasteiger partial charge in [-0.05, 0) is 58.2 Å². The number of hydrogen-bond donors (Lipinski definition) is 0. The van der Waals surface area contributed by atoms with Crippen LogP contribution in [0.4, 0.5) is 13.6 Å². The number of carbonyl (C=O) groups is 1. The van der Waals surface area contributed by atoms with Crippen molar-refractivity contribution < 1.29 is 27.8 Å². The second kappa shape index (κ2) is 8.87. The molecule has 6 nitrogen and oxygen atoms in total. The van der Waals surface area contributed by atoms with Gasteiger partial charge in [0.1, 0.15) is 11.4 Å². The van der Waals surface area contributed by atoms with Gasteiger partial charge in [0, 0.05) is 43.2 Å². The number of ether oxygens (including phenoxy) is 3. The fourth-order valence-electron chi connectivity index (χ4n) is 4.53. The van der Waals surface area contributed by atoms with Crippen molar-refractivity contribution in [3.05, 3.63) is 29.5 Å². The summed E-state index contributed by atoms with van der Waals surface area (Å²) in [5.41, 5.74) is 2.20. The van der Waals surface area contributed by atoms with Gasteiger partial charge in [-0.2, -0.15) is 0 Å². The molecular weight excluding hydrogens is 430 g/mol. The third-order valence-electron chi connectivity index (χ3n) is 6.45. The maximum Gasteiger partial charge on any atom is 0.419 e. The quantitative estimate of drug-likeness (QED) is 0.575. The van der Waals surface area contributed by atoms with E-state index in [4.69, 9.17) is 14.2 Å². The molecule has 0 N–H and O–H groups in total. The van der Waals surface area contributed by atoms with Gasteiger partial charge < -0.3 is 14.2 Å². The number of methoxy groups -OCH3 is 1. The molecule has 1 atom stereocenters. The molecule has 4 rings (SSSR count). The number of likely N-dealkylation sites (tertiary alicyclic amines) is 1. The van der Waals surface area contributed by atoms with Gasteiger partial charge in [-0.25, -0.2) is 13.6 Å². The summed E-state index contributed by atoms with van der Waals surface area (Å²) in [4.78, 5) is 15.1. The van der Waals surface area contributed by atoms with Crippen LogP contribution in [-0.2, 0) is 16.0 Å². The lowest BCUT2D eigenvalue weighted by molar-refractivity contribution is -0.0156. The van der Waals surface area contributed by atoms with Crippen LogP contribution < -0.4 is 4.74 Å². The van der Waals surface area contributed by atoms with Crippen LogP contribution >= 0.6 is 0 Å². The zero-order valence-corrected chi connectivity index (χ0v) is 20.1. The van der Waals surface area contributed by atoms with Crippen LogP contribution in [0.25, 0.3) is 10.9 Å². The molecule has 1 aromatic carbocycles. The van der Waals surface area contributed by atoms with E-state index in [0.29, 0.717) is 6.54 Å². The predicted octanol–water partition coefficient (Wildman–Crippen LogP) is 5.38. The van der Waals surface area contributed by atoms with Crippen molar-refractivity contribution in [2.75, 3.05) is 26.8 Å². The Bertz CT molecular complexity index is 1020. The van der Waals surface area contributed by atoms with E-state index in [-0.39, 0.29) is 19.1 Å². The van der Waals surface area contributed by atoms with E-state index in [9.17, 15) is 13.6 Å². The molecular formula is C25H34F2N2O4. The summed E-state index contributed by atoms with van der Waals surface area (Å²) < 4.78 is 44.8. The summed E-state index contributed by atoms with van der Waals surface area (Å²) in [5, 5.41) is 0.965. The van der Waals surface area contributed by atoms with E-state index in [1.54, 1.807) is 17.9 Å². The van der Waals surface area contributed by atoms with Crippen molar-refractivity contribution in [3.8, 4) is 5.75 Å². The summed E-state index contributed by atoms with van der Waals surface area (Å²) in [5.74, 6) is -2.34. The standard InChI is InChI=1S/C25H34F2N2O4/c1-16-12-21(31-5)20(19-8-11-29(22(16)19)23(30)33-24(2,3)4)14-28-9-6-18(7-10-28)32-15-17-13-25(17,26)27/h8,11-12,17-18H,6-7,9-10,13-15H2,1-5H3. The highest BCUT2D eigenvalue weighted by Crippen LogP contribution is 2.48. The molecule has 0 spiro atoms. The summed E-state index contributed by atoms with van der Waals surface area (Å²) in [6.45, 7) is 9.97. The molecule has 33 heavy (non-hydrogen) atoms. The van der Waals surface area contributed by atoms with Crippen LogP contribution in [0.15, 0.2) is 18.3 Å². The van der Waals surface area contributed by atoms with Crippen molar-refractivity contribution in [3.63, 3.8) is 0 Å². The molecule has 1 saturated carbocycles. The summed E-state index contributed by atoms with van der Waals surface area (Å²) >= 11 is 0. The minimum absolute atomic E-state index is 0.0332. The highest BCUT2D eigenvalue weighted by molar-refractivity contribution is 5.95. The van der Waals surface area contributed by atoms with Gasteiger partial charge in [-0.15, -0.1) is 0 Å². The van der Waals surface area contributed by atoms with E-state index < -0.39 is 23.5 Å². The number of halogens is 2. The van der Waals surface area contributed by atoms with Crippen LogP contribution in [0.2, 0.25) is 0 Å². The first-order valence-corrected chi connectivity index (χ1v) is 11.6. The van der Waals surface area contributed by atoms with Crippen molar-refractivity contribution in [1.82, 2.24) is 9.47 Å². The minimum Gasteiger partial charge on any atom is -0.496 e. The number of carbonyl (C=O) groups excluding carboxylic acids is 1. The lowest BCUT2D eigenvalue weighted by Crippen LogP contribution is -2.37. The first kappa shape index (κ1) is 24.0. The Morgan fingerprint density at radius 1 is 1.24 bits per heavy atom. The molecule has 1 aliphatic heterocycles. The van der Waals surface area contributed by atoms with Crippen LogP contribution in [0.5, 0.6) is 5.75 Å². The van der Waals surface area contributed by atoms with E-state index in [1.165, 1.54) is 0 Å². The van der Waals surface area contributed by atoms with Gasteiger partial charge >= 0.3 is 6.09 Å². The largest absolute Gasteiger partial charge is 0.496 e. The van der Waals surface area contributed by atoms with Crippen LogP contribution in [0, 0.1) is 12.8 Å². The number of aryl methyl sites for hydroxylation is 1. The monoisotopic (exact) mass is 464 g/mol. The lowest BCUT2D eigenvalue weighted by Gasteiger charge is -2.32. The van der Waals surface area contributed by atoms with Crippen LogP contribution in [0.3, 0.4) is 0 Å². The first-order chi connectivity index (χ1) is 15.5. The Balaban J connectivity index is 1.47. The van der Waals surface area contributed by atoms with Gasteiger partial charge in [0.25, 0.3) is 5.92 Å². The van der Waals surface area contributed by atoms with Crippen molar-refractivity contribution >= 4 is 17.0 Å². The number of aromatic nitrogens is 1. The number of alkyl halides is 2. The molecule has 1 aromatic heterocycles. The highest BCUT2D eigenvalue weighted by atomic mass is 19.3. The molecule has 2 aliphatic rings. The van der Waals surface area contributed by atoms with Crippen molar-refractivity contribution in [2.45, 2.75) is 71.1 Å². The fourth-order valence-corrected chi connectivity index (χ4v) is 4.53. The summed E-state index contributed by atoms with van der Waals surface area (Å²) in [7, 11) is 1.66. The second-order valence-electron chi connectivity index (χ2n) is 10.3. The lowest BCUT2D eigenvalue weighted by atomic mass is 10.0. The fraction of sp³-hybridized carbons (Fsp3) is 0.640. The molecule has 0 amide bonds. The zero-order chi connectivity index (χ0) is 24.0. The average Bonchev–Trinajstić information content (AvgIpc) is 3.13. The topological polar surface area (TPSA) is 52.9 Å². The smallest absolute Gasteiger partial charge is 0.419 e. The third kappa shape index (κ3) is 5.32. The molecule has 2 heterocycles. The molecule has 2 fully saturated rings. The number of rotatable bonds is 6. The van der Waals surface area contributed by atoms with E-state index in [1.807, 2.05) is 39.8 Å². The predicted molar refractivity (Wildman–Crippen MR) is 122 cm³/mol. The second-order valence-corrected chi connectivity index (χ2v) is 10.3. The molecule has 0 bridgehead atoms. The molecule has 2 aromatic rings. The zero-order valence-electron chi connectivity index (χ0n) is 20.1. The Labute approximate surface area is 193 Å². The first-order valence-electron chi connectivity index (χ1n) is 11.6. The molecule has 0 radical (unpaired) electrons. The number of nitrogens with zero attached hydrogens (tertiary/aromatic N) is 2. The molecule has 182 valence electrons. The number of hydrogen-bond acceptors (Lipinski definition) is 5. The van der Waals surface area contributed by atoms with Gasteiger partial charge in [0.2, 0.25) is 0 Å². The van der Waals surface area contributed by atoms with E-state index in [2.05, 4.69) is 4.90 Å². The van der Waals surface area contributed by atoms with Crippen molar-refractivity contribution in [2.24, 2.45) is 5.92 Å². The molecule has 1 unspecified atom stereocenters. The van der Waals surface area contributed by atoms with Crippen LogP contribution in [-0.4, -0.2) is 60.0 Å². The Kier molecular flexibility index (Phi) is 6.44. The SMILES string of the molecule is COc1cc(C)c2c(ccn2C(=O)OC(C)(C)C)c1CN1CCC(OCC2CC2(F)F)CC1. The van der Waals surface area contributed by atoms with E-state index in [0.717, 1.165) is 53.7 Å². The Morgan fingerprint density at radius 2 is 1.91 bits per heavy atom. The number of piperidine rings is 1. The van der Waals surface area contributed by atoms with Gasteiger partial charge in [0.05, 0.1) is 31.3 Å². The maximum absolute atomic E-state index is 13.1. The van der Waals surface area contributed by atoms with Gasteiger partial charge in [-0.1, -0.05) is 0 Å². The number of benzene rings is 1. The van der Waals surface area contributed by atoms with Gasteiger partial charge in [0.15, 0.2) is 0 Å². The number of fused-ring (bicyclic) bond motifs is 1.